The molecule has 0 aromatic carbocycles. The van der Waals surface area contributed by atoms with E-state index < -0.39 is 112 Å². The lowest BCUT2D eigenvalue weighted by Gasteiger charge is -2.46. The van der Waals surface area contributed by atoms with E-state index in [0.717, 1.165) is 0 Å². The number of hydrogen-bond acceptors (Lipinski definition) is 16. The molecular weight excluding hydrogens is 472 g/mol. The molecule has 0 spiro atoms. The first-order chi connectivity index (χ1) is 16.0. The molecule has 2 saturated heterocycles. The van der Waals surface area contributed by atoms with Crippen LogP contribution >= 0.6 is 0 Å². The molecule has 0 amide bonds. The predicted molar refractivity (Wildman–Crippen MR) is 103 cm³/mol. The van der Waals surface area contributed by atoms with E-state index >= 15 is 0 Å². The Balaban J connectivity index is 2.17. The third-order valence-corrected chi connectivity index (χ3v) is 5.74. The SMILES string of the molecule is OC[C@H](O)[C@H](O)[C@@H](O[C@H]1O[C@H](CO)[C@H](O[C@@H]2O[C@H](CO)[C@@H](O)[C@H](O)[C@@H]2O)[C@H](O)[C@H]1O)[C@@H](O)CO. The van der Waals surface area contributed by atoms with Crippen LogP contribution in [0.3, 0.4) is 0 Å². The molecule has 0 bridgehead atoms. The summed E-state index contributed by atoms with van der Waals surface area (Å²) in [6, 6.07) is 0. The number of aliphatic hydroxyl groups is 12. The summed E-state index contributed by atoms with van der Waals surface area (Å²) in [5.74, 6) is 0. The lowest BCUT2D eigenvalue weighted by atomic mass is 9.96. The maximum atomic E-state index is 10.6. The standard InChI is InChI=1S/C18H34O16/c19-1-5(23)9(25)15(6(24)2-20)33-18-14(30)12(28)16(8(4-22)32-18)34-17-13(29)11(27)10(26)7(3-21)31-17/h5-30H,1-4H2/t5-,6-,7+,8+,9-,10+,11-,12+,13-,14+,15-,16-,17-,18+/m0/s1. The van der Waals surface area contributed by atoms with Crippen molar-refractivity contribution in [3.63, 3.8) is 0 Å². The number of rotatable bonds is 11. The van der Waals surface area contributed by atoms with Gasteiger partial charge in [-0.1, -0.05) is 0 Å². The van der Waals surface area contributed by atoms with Crippen molar-refractivity contribution in [2.24, 2.45) is 0 Å². The van der Waals surface area contributed by atoms with Crippen LogP contribution in [0.2, 0.25) is 0 Å². The van der Waals surface area contributed by atoms with Crippen LogP contribution < -0.4 is 0 Å². The van der Waals surface area contributed by atoms with Crippen LogP contribution in [0.4, 0.5) is 0 Å². The smallest absolute Gasteiger partial charge is 0.187 e. The van der Waals surface area contributed by atoms with Gasteiger partial charge in [-0.15, -0.1) is 0 Å². The van der Waals surface area contributed by atoms with Crippen molar-refractivity contribution in [2.45, 2.75) is 85.8 Å². The van der Waals surface area contributed by atoms with Gasteiger partial charge in [0.2, 0.25) is 0 Å². The number of ether oxygens (including phenoxy) is 4. The molecule has 16 heteroatoms. The quantitative estimate of drug-likeness (QED) is 0.124. The molecule has 14 atom stereocenters. The molecule has 0 unspecified atom stereocenters. The molecule has 34 heavy (non-hydrogen) atoms. The molecule has 0 aliphatic carbocycles. The van der Waals surface area contributed by atoms with Crippen molar-refractivity contribution in [1.29, 1.82) is 0 Å². The molecule has 0 aromatic heterocycles. The molecule has 2 rings (SSSR count). The van der Waals surface area contributed by atoms with Crippen molar-refractivity contribution >= 4 is 0 Å². The second-order valence-electron chi connectivity index (χ2n) is 8.10. The first kappa shape index (κ1) is 29.6. The molecular formula is C18H34O16. The zero-order chi connectivity index (χ0) is 25.7. The predicted octanol–water partition coefficient (Wildman–Crippen LogP) is -7.94. The van der Waals surface area contributed by atoms with E-state index in [1.807, 2.05) is 0 Å². The van der Waals surface area contributed by atoms with Gasteiger partial charge in [0.15, 0.2) is 12.6 Å². The third kappa shape index (κ3) is 6.37. The molecule has 12 N–H and O–H groups in total. The molecule has 202 valence electrons. The average Bonchev–Trinajstić information content (AvgIpc) is 2.84. The molecule has 2 aliphatic heterocycles. The average molecular weight is 506 g/mol. The highest BCUT2D eigenvalue weighted by molar-refractivity contribution is 4.95. The van der Waals surface area contributed by atoms with Crippen molar-refractivity contribution in [3.8, 4) is 0 Å². The van der Waals surface area contributed by atoms with E-state index in [4.69, 9.17) is 24.1 Å². The second kappa shape index (κ2) is 13.1. The van der Waals surface area contributed by atoms with Crippen LogP contribution in [0, 0.1) is 0 Å². The maximum Gasteiger partial charge on any atom is 0.187 e. The number of hydrogen-bond donors (Lipinski definition) is 12. The highest BCUT2D eigenvalue weighted by Gasteiger charge is 2.51. The molecule has 2 aliphatic rings. The zero-order valence-corrected chi connectivity index (χ0v) is 17.9. The Bertz CT molecular complexity index is 594. The second-order valence-corrected chi connectivity index (χ2v) is 8.10. The van der Waals surface area contributed by atoms with Gasteiger partial charge < -0.3 is 80.2 Å². The fraction of sp³-hybridized carbons (Fsp3) is 1.00. The Hall–Kier alpha value is -0.640. The number of aliphatic hydroxyl groups excluding tert-OH is 12. The van der Waals surface area contributed by atoms with Gasteiger partial charge in [0, 0.05) is 0 Å². The van der Waals surface area contributed by atoms with E-state index in [1.165, 1.54) is 0 Å². The van der Waals surface area contributed by atoms with Gasteiger partial charge in [-0.25, -0.2) is 0 Å². The first-order valence-corrected chi connectivity index (χ1v) is 10.5. The Labute approximate surface area is 193 Å². The lowest BCUT2D eigenvalue weighted by Crippen LogP contribution is -2.65. The fourth-order valence-electron chi connectivity index (χ4n) is 3.65. The third-order valence-electron chi connectivity index (χ3n) is 5.74. The van der Waals surface area contributed by atoms with Gasteiger partial charge in [-0.3, -0.25) is 0 Å². The highest BCUT2D eigenvalue weighted by Crippen LogP contribution is 2.30. The summed E-state index contributed by atoms with van der Waals surface area (Å²) in [5.41, 5.74) is 0. The monoisotopic (exact) mass is 506 g/mol. The summed E-state index contributed by atoms with van der Waals surface area (Å²) in [5, 5.41) is 118. The van der Waals surface area contributed by atoms with Crippen LogP contribution in [0.25, 0.3) is 0 Å². The van der Waals surface area contributed by atoms with Gasteiger partial charge in [0.25, 0.3) is 0 Å². The molecule has 2 fully saturated rings. The normalized spacial score (nSPS) is 42.7. The fourth-order valence-corrected chi connectivity index (χ4v) is 3.65. The largest absolute Gasteiger partial charge is 0.394 e. The van der Waals surface area contributed by atoms with Crippen molar-refractivity contribution in [3.05, 3.63) is 0 Å². The van der Waals surface area contributed by atoms with Gasteiger partial charge in [0.05, 0.1) is 26.4 Å². The van der Waals surface area contributed by atoms with E-state index in [9.17, 15) is 56.2 Å². The van der Waals surface area contributed by atoms with Crippen molar-refractivity contribution in [2.75, 3.05) is 26.4 Å². The van der Waals surface area contributed by atoms with Crippen LogP contribution in [0.5, 0.6) is 0 Å². The zero-order valence-electron chi connectivity index (χ0n) is 17.9. The maximum absolute atomic E-state index is 10.6. The summed E-state index contributed by atoms with van der Waals surface area (Å²) in [6.45, 7) is -3.52. The first-order valence-electron chi connectivity index (χ1n) is 10.5. The van der Waals surface area contributed by atoms with Crippen LogP contribution in [0.1, 0.15) is 0 Å². The topological polar surface area (TPSA) is 280 Å². The minimum Gasteiger partial charge on any atom is -0.394 e. The van der Waals surface area contributed by atoms with Gasteiger partial charge in [-0.2, -0.15) is 0 Å². The Kier molecular flexibility index (Phi) is 11.4. The van der Waals surface area contributed by atoms with Crippen LogP contribution in [-0.2, 0) is 18.9 Å². The van der Waals surface area contributed by atoms with E-state index in [1.54, 1.807) is 0 Å². The molecule has 16 nitrogen and oxygen atoms in total. The van der Waals surface area contributed by atoms with Crippen LogP contribution in [-0.4, -0.2) is 174 Å². The Morgan fingerprint density at radius 1 is 0.618 bits per heavy atom. The van der Waals surface area contributed by atoms with Gasteiger partial charge in [-0.05, 0) is 0 Å². The van der Waals surface area contributed by atoms with E-state index in [-0.39, 0.29) is 0 Å². The summed E-state index contributed by atoms with van der Waals surface area (Å²) in [6.07, 6.45) is -24.7. The minimum absolute atomic E-state index is 0.757. The summed E-state index contributed by atoms with van der Waals surface area (Å²) in [4.78, 5) is 0. The van der Waals surface area contributed by atoms with E-state index in [0.29, 0.717) is 0 Å². The van der Waals surface area contributed by atoms with E-state index in [2.05, 4.69) is 0 Å². The summed E-state index contributed by atoms with van der Waals surface area (Å²) >= 11 is 0. The van der Waals surface area contributed by atoms with Crippen LogP contribution in [0.15, 0.2) is 0 Å². The molecule has 0 radical (unpaired) electrons. The Morgan fingerprint density at radius 2 is 1.15 bits per heavy atom. The minimum atomic E-state index is -1.98. The highest BCUT2D eigenvalue weighted by atomic mass is 16.7. The van der Waals surface area contributed by atoms with Gasteiger partial charge >= 0.3 is 0 Å². The van der Waals surface area contributed by atoms with Crippen molar-refractivity contribution in [1.82, 2.24) is 0 Å². The molecule has 0 saturated carbocycles. The molecule has 0 aromatic rings. The lowest BCUT2D eigenvalue weighted by molar-refractivity contribution is -0.367. The molecule has 2 heterocycles. The van der Waals surface area contributed by atoms with Gasteiger partial charge in [0.1, 0.15) is 73.2 Å². The summed E-state index contributed by atoms with van der Waals surface area (Å²) < 4.78 is 21.2. The Morgan fingerprint density at radius 3 is 1.68 bits per heavy atom. The van der Waals surface area contributed by atoms with Crippen molar-refractivity contribution < 1.29 is 80.2 Å². The summed E-state index contributed by atoms with van der Waals surface area (Å²) in [7, 11) is 0.